The molecular formula is C6H9K3O9. The Kier molecular flexibility index (Phi) is 38.0. The number of aliphatic carboxylic acids is 3. The van der Waals surface area contributed by atoms with Gasteiger partial charge in [-0.25, -0.2) is 0 Å². The zero-order chi connectivity index (χ0) is 10.6. The summed E-state index contributed by atoms with van der Waals surface area (Å²) in [5.41, 5.74) is -2.97. The first-order valence-electron chi connectivity index (χ1n) is 3.11. The third-order valence-corrected chi connectivity index (χ3v) is 1.25. The van der Waals surface area contributed by atoms with E-state index in [4.69, 9.17) is 5.11 Å². The molecule has 0 saturated carbocycles. The van der Waals surface area contributed by atoms with Crippen LogP contribution in [0.15, 0.2) is 0 Å². The maximum atomic E-state index is 10.1. The second kappa shape index (κ2) is 18.2. The van der Waals surface area contributed by atoms with Crippen LogP contribution in [0.4, 0.5) is 0 Å². The Hall–Kier alpha value is 3.20. The summed E-state index contributed by atoms with van der Waals surface area (Å²) in [5, 5.41) is 38.9. The minimum absolute atomic E-state index is 0. The average molecular weight is 342 g/mol. The van der Waals surface area contributed by atoms with Crippen molar-refractivity contribution in [2.24, 2.45) is 0 Å². The van der Waals surface area contributed by atoms with E-state index in [0.29, 0.717) is 0 Å². The Bertz CT molecular complexity index is 241. The Morgan fingerprint density at radius 2 is 1.06 bits per heavy atom. The van der Waals surface area contributed by atoms with Gasteiger partial charge >= 0.3 is 154 Å². The summed E-state index contributed by atoms with van der Waals surface area (Å²) >= 11 is 0. The topological polar surface area (TPSA) is 204 Å². The molecule has 0 aromatic carbocycles. The van der Waals surface area contributed by atoms with Crippen LogP contribution in [0.3, 0.4) is 0 Å². The molecule has 0 rings (SSSR count). The molecule has 0 fully saturated rings. The van der Waals surface area contributed by atoms with Gasteiger partial charge in [-0.2, -0.15) is 0 Å². The molecule has 18 heavy (non-hydrogen) atoms. The molecule has 0 spiro atoms. The van der Waals surface area contributed by atoms with Crippen molar-refractivity contribution < 1.29 is 200 Å². The van der Waals surface area contributed by atoms with Gasteiger partial charge < -0.3 is 45.8 Å². The van der Waals surface area contributed by atoms with E-state index in [2.05, 4.69) is 0 Å². The van der Waals surface area contributed by atoms with Crippen LogP contribution < -0.4 is 169 Å². The standard InChI is InChI=1S/C6H8O7.3K.2H2O/c7-3(8)1-6(13,5(11)12)2-4(9)10;;;;;/h13H,1-2H2,(H,7,8)(H,9,10)(H,11,12);;;;2*1H2/q;3*+1;;/p-3. The summed E-state index contributed by atoms with van der Waals surface area (Å²) < 4.78 is 0. The smallest absolute Gasteiger partial charge is 0.550 e. The summed E-state index contributed by atoms with van der Waals surface area (Å²) in [5.74, 6) is -5.98. The molecular weight excluding hydrogens is 333 g/mol. The molecule has 0 heterocycles. The van der Waals surface area contributed by atoms with E-state index in [1.165, 1.54) is 0 Å². The quantitative estimate of drug-likeness (QED) is 0.477. The normalized spacial score (nSPS) is 7.83. The van der Waals surface area contributed by atoms with Crippen LogP contribution in [0.25, 0.3) is 0 Å². The fraction of sp³-hybridized carbons (Fsp3) is 0.500. The molecule has 0 amide bonds. The number of rotatable bonds is 5. The SMILES string of the molecule is O.O.O=C([O-])CC(O)(CC(=O)[O-])C(=O)[O-].[K+].[K+].[K+]. The Morgan fingerprint density at radius 3 is 1.17 bits per heavy atom. The summed E-state index contributed by atoms with van der Waals surface area (Å²) in [6, 6.07) is 0. The van der Waals surface area contributed by atoms with Gasteiger partial charge in [0, 0.05) is 24.8 Å². The number of aliphatic hydroxyl groups is 1. The number of hydrogen-bond acceptors (Lipinski definition) is 7. The summed E-state index contributed by atoms with van der Waals surface area (Å²) in [6.07, 6.45) is -2.72. The maximum Gasteiger partial charge on any atom is 1.00 e. The van der Waals surface area contributed by atoms with E-state index in [0.717, 1.165) is 0 Å². The molecule has 5 N–H and O–H groups in total. The monoisotopic (exact) mass is 342 g/mol. The molecule has 0 aliphatic heterocycles. The third kappa shape index (κ3) is 17.3. The number of carboxylic acid groups (broad SMARTS) is 3. The second-order valence-electron chi connectivity index (χ2n) is 2.42. The first kappa shape index (κ1) is 37.4. The predicted molar refractivity (Wildman–Crippen MR) is 36.4 cm³/mol. The molecule has 12 heteroatoms. The Balaban J connectivity index is -0.0000000720. The molecule has 90 valence electrons. The van der Waals surface area contributed by atoms with Crippen molar-refractivity contribution in [3.05, 3.63) is 0 Å². The number of hydrogen-bond donors (Lipinski definition) is 1. The fourth-order valence-corrected chi connectivity index (χ4v) is 0.684. The van der Waals surface area contributed by atoms with Crippen molar-refractivity contribution in [1.29, 1.82) is 0 Å². The molecule has 0 bridgehead atoms. The molecule has 0 saturated heterocycles. The van der Waals surface area contributed by atoms with Crippen LogP contribution in [-0.2, 0) is 14.4 Å². The van der Waals surface area contributed by atoms with E-state index in [9.17, 15) is 29.7 Å². The van der Waals surface area contributed by atoms with Crippen LogP contribution in [0.1, 0.15) is 12.8 Å². The Morgan fingerprint density at radius 1 is 0.833 bits per heavy atom. The van der Waals surface area contributed by atoms with Gasteiger partial charge in [-0.05, 0) is 0 Å². The molecule has 0 aromatic heterocycles. The molecule has 0 unspecified atom stereocenters. The van der Waals surface area contributed by atoms with E-state index in [-0.39, 0.29) is 165 Å². The van der Waals surface area contributed by atoms with Crippen LogP contribution in [0.2, 0.25) is 0 Å². The molecule has 0 aliphatic carbocycles. The van der Waals surface area contributed by atoms with Crippen molar-refractivity contribution in [3.8, 4) is 0 Å². The Labute approximate surface area is 230 Å². The van der Waals surface area contributed by atoms with Gasteiger partial charge in [0.05, 0.1) is 5.97 Å². The maximum absolute atomic E-state index is 10.1. The van der Waals surface area contributed by atoms with Crippen molar-refractivity contribution >= 4 is 17.9 Å². The molecule has 9 nitrogen and oxygen atoms in total. The summed E-state index contributed by atoms with van der Waals surface area (Å²) in [6.45, 7) is 0. The first-order chi connectivity index (χ1) is 5.78. The largest absolute Gasteiger partial charge is 1.00 e. The van der Waals surface area contributed by atoms with Gasteiger partial charge in [0.15, 0.2) is 0 Å². The zero-order valence-electron chi connectivity index (χ0n) is 10.3. The minimum Gasteiger partial charge on any atom is -0.550 e. The van der Waals surface area contributed by atoms with E-state index >= 15 is 0 Å². The minimum atomic E-state index is -2.97. The van der Waals surface area contributed by atoms with Crippen LogP contribution in [-0.4, -0.2) is 39.6 Å². The molecule has 0 atom stereocenters. The molecule has 0 aliphatic rings. The van der Waals surface area contributed by atoms with Crippen LogP contribution >= 0.6 is 0 Å². The van der Waals surface area contributed by atoms with Crippen molar-refractivity contribution in [3.63, 3.8) is 0 Å². The summed E-state index contributed by atoms with van der Waals surface area (Å²) in [4.78, 5) is 30.0. The van der Waals surface area contributed by atoms with Gasteiger partial charge in [-0.3, -0.25) is 0 Å². The van der Waals surface area contributed by atoms with Gasteiger partial charge in [-0.15, -0.1) is 0 Å². The zero-order valence-corrected chi connectivity index (χ0v) is 19.7. The third-order valence-electron chi connectivity index (χ3n) is 1.25. The van der Waals surface area contributed by atoms with Gasteiger partial charge in [0.25, 0.3) is 0 Å². The van der Waals surface area contributed by atoms with Crippen LogP contribution in [0.5, 0.6) is 0 Å². The number of carbonyl (C=O) groups excluding carboxylic acids is 3. The van der Waals surface area contributed by atoms with Crippen LogP contribution in [0, 0.1) is 0 Å². The van der Waals surface area contributed by atoms with E-state index in [1.807, 2.05) is 0 Å². The first-order valence-corrected chi connectivity index (χ1v) is 3.11. The van der Waals surface area contributed by atoms with Gasteiger partial charge in [0.2, 0.25) is 0 Å². The number of carboxylic acids is 3. The van der Waals surface area contributed by atoms with E-state index in [1.54, 1.807) is 0 Å². The van der Waals surface area contributed by atoms with Gasteiger partial charge in [0.1, 0.15) is 5.60 Å². The van der Waals surface area contributed by atoms with E-state index < -0.39 is 36.4 Å². The van der Waals surface area contributed by atoms with Crippen molar-refractivity contribution in [2.75, 3.05) is 0 Å². The van der Waals surface area contributed by atoms with Crippen molar-refractivity contribution in [1.82, 2.24) is 0 Å². The molecule has 0 radical (unpaired) electrons. The average Bonchev–Trinajstić information content (AvgIpc) is 1.82. The molecule has 0 aromatic rings. The number of carbonyl (C=O) groups is 3. The van der Waals surface area contributed by atoms with Gasteiger partial charge in [-0.1, -0.05) is 0 Å². The summed E-state index contributed by atoms with van der Waals surface area (Å²) in [7, 11) is 0. The van der Waals surface area contributed by atoms with Crippen molar-refractivity contribution in [2.45, 2.75) is 18.4 Å². The second-order valence-corrected chi connectivity index (χ2v) is 2.42. The predicted octanol–water partition coefficient (Wildman–Crippen LogP) is -15.9. The fourth-order valence-electron chi connectivity index (χ4n) is 0.684.